The van der Waals surface area contributed by atoms with E-state index in [2.05, 4.69) is 18.2 Å². The van der Waals surface area contributed by atoms with Gasteiger partial charge in [-0.3, -0.25) is 0 Å². The molecule has 0 saturated carbocycles. The SMILES string of the molecule is [B]C1C=Cc2ccccc21. The van der Waals surface area contributed by atoms with E-state index in [0.29, 0.717) is 0 Å². The molecular formula is C9H7B. The average molecular weight is 126 g/mol. The van der Waals surface area contributed by atoms with Gasteiger partial charge in [0.1, 0.15) is 0 Å². The fourth-order valence-electron chi connectivity index (χ4n) is 1.28. The summed E-state index contributed by atoms with van der Waals surface area (Å²) in [4.78, 5) is 0. The average Bonchev–Trinajstić information content (AvgIpc) is 2.34. The molecule has 0 fully saturated rings. The molecular weight excluding hydrogens is 119 g/mol. The highest BCUT2D eigenvalue weighted by Crippen LogP contribution is 2.26. The minimum atomic E-state index is 0.121. The van der Waals surface area contributed by atoms with Crippen molar-refractivity contribution < 1.29 is 0 Å². The maximum atomic E-state index is 5.76. The van der Waals surface area contributed by atoms with E-state index in [4.69, 9.17) is 7.85 Å². The normalized spacial score (nSPS) is 21.0. The summed E-state index contributed by atoms with van der Waals surface area (Å²) in [5.41, 5.74) is 2.50. The summed E-state index contributed by atoms with van der Waals surface area (Å²) in [7, 11) is 5.76. The van der Waals surface area contributed by atoms with Gasteiger partial charge in [-0.05, 0) is 16.9 Å². The molecule has 1 unspecified atom stereocenters. The Morgan fingerprint density at radius 2 is 2.00 bits per heavy atom. The molecule has 0 nitrogen and oxygen atoms in total. The van der Waals surface area contributed by atoms with Crippen LogP contribution in [0.4, 0.5) is 0 Å². The lowest BCUT2D eigenvalue weighted by Crippen LogP contribution is -1.89. The Balaban J connectivity index is 2.59. The first-order valence-electron chi connectivity index (χ1n) is 3.40. The van der Waals surface area contributed by atoms with Gasteiger partial charge in [0.05, 0.1) is 7.85 Å². The smallest absolute Gasteiger partial charge is 0.0820 e. The molecule has 0 spiro atoms. The van der Waals surface area contributed by atoms with Gasteiger partial charge in [-0.25, -0.2) is 0 Å². The predicted octanol–water partition coefficient (Wildman–Crippen LogP) is 1.92. The van der Waals surface area contributed by atoms with Crippen LogP contribution in [-0.4, -0.2) is 7.85 Å². The Bertz CT molecular complexity index is 276. The van der Waals surface area contributed by atoms with Gasteiger partial charge in [0.2, 0.25) is 0 Å². The van der Waals surface area contributed by atoms with Crippen molar-refractivity contribution in [2.75, 3.05) is 0 Å². The summed E-state index contributed by atoms with van der Waals surface area (Å²) in [6.45, 7) is 0. The maximum Gasteiger partial charge on any atom is 0.0820 e. The number of hydrogen-bond acceptors (Lipinski definition) is 0. The molecule has 0 aliphatic heterocycles. The molecule has 46 valence electrons. The summed E-state index contributed by atoms with van der Waals surface area (Å²) in [6.07, 6.45) is 4.09. The van der Waals surface area contributed by atoms with Gasteiger partial charge in [0.15, 0.2) is 0 Å². The first kappa shape index (κ1) is 5.78. The first-order chi connectivity index (χ1) is 4.88. The van der Waals surface area contributed by atoms with E-state index in [0.717, 1.165) is 0 Å². The molecule has 0 N–H and O–H groups in total. The lowest BCUT2D eigenvalue weighted by atomic mass is 9.83. The highest BCUT2D eigenvalue weighted by Gasteiger charge is 2.09. The van der Waals surface area contributed by atoms with Gasteiger partial charge < -0.3 is 0 Å². The van der Waals surface area contributed by atoms with Crippen molar-refractivity contribution in [3.8, 4) is 0 Å². The molecule has 1 atom stereocenters. The van der Waals surface area contributed by atoms with E-state index in [1.807, 2.05) is 18.2 Å². The zero-order valence-corrected chi connectivity index (χ0v) is 5.62. The molecule has 1 aromatic carbocycles. The molecule has 2 rings (SSSR count). The largest absolute Gasteiger partial charge is 0.0852 e. The summed E-state index contributed by atoms with van der Waals surface area (Å²) in [5, 5.41) is 0. The second kappa shape index (κ2) is 2.01. The van der Waals surface area contributed by atoms with Crippen molar-refractivity contribution in [2.45, 2.75) is 5.82 Å². The van der Waals surface area contributed by atoms with E-state index in [1.54, 1.807) is 0 Å². The molecule has 0 aromatic heterocycles. The van der Waals surface area contributed by atoms with E-state index < -0.39 is 0 Å². The predicted molar refractivity (Wildman–Crippen MR) is 44.0 cm³/mol. The number of fused-ring (bicyclic) bond motifs is 1. The second-order valence-corrected chi connectivity index (χ2v) is 2.51. The standard InChI is InChI=1S/C9H7B/c10-9-6-5-7-3-1-2-4-8(7)9/h1-6,9H. The minimum absolute atomic E-state index is 0.121. The van der Waals surface area contributed by atoms with Crippen LogP contribution in [-0.2, 0) is 0 Å². The van der Waals surface area contributed by atoms with Crippen molar-refractivity contribution in [2.24, 2.45) is 0 Å². The van der Waals surface area contributed by atoms with Crippen LogP contribution in [0.5, 0.6) is 0 Å². The van der Waals surface area contributed by atoms with Crippen LogP contribution >= 0.6 is 0 Å². The Morgan fingerprint density at radius 1 is 1.20 bits per heavy atom. The van der Waals surface area contributed by atoms with Gasteiger partial charge in [0.25, 0.3) is 0 Å². The molecule has 0 heterocycles. The van der Waals surface area contributed by atoms with Crippen molar-refractivity contribution in [3.05, 3.63) is 41.5 Å². The summed E-state index contributed by atoms with van der Waals surface area (Å²) in [6, 6.07) is 8.20. The summed E-state index contributed by atoms with van der Waals surface area (Å²) in [5.74, 6) is 0.121. The quantitative estimate of drug-likeness (QED) is 0.466. The molecule has 1 aromatic rings. The number of hydrogen-bond donors (Lipinski definition) is 0. The zero-order chi connectivity index (χ0) is 6.97. The Hall–Kier alpha value is -0.975. The third-order valence-electron chi connectivity index (χ3n) is 1.84. The number of benzene rings is 1. The van der Waals surface area contributed by atoms with Crippen molar-refractivity contribution in [1.82, 2.24) is 0 Å². The fraction of sp³-hybridized carbons (Fsp3) is 0.111. The van der Waals surface area contributed by atoms with E-state index >= 15 is 0 Å². The lowest BCUT2D eigenvalue weighted by molar-refractivity contribution is 1.25. The van der Waals surface area contributed by atoms with Crippen LogP contribution in [0.25, 0.3) is 6.08 Å². The maximum absolute atomic E-state index is 5.76. The van der Waals surface area contributed by atoms with Gasteiger partial charge in [-0.15, -0.1) is 0 Å². The topological polar surface area (TPSA) is 0 Å². The molecule has 0 saturated heterocycles. The third kappa shape index (κ3) is 0.705. The van der Waals surface area contributed by atoms with Gasteiger partial charge in [0, 0.05) is 0 Å². The summed E-state index contributed by atoms with van der Waals surface area (Å²) >= 11 is 0. The second-order valence-electron chi connectivity index (χ2n) is 2.51. The number of allylic oxidation sites excluding steroid dienone is 1. The highest BCUT2D eigenvalue weighted by molar-refractivity contribution is 6.15. The summed E-state index contributed by atoms with van der Waals surface area (Å²) < 4.78 is 0. The Labute approximate surface area is 62.0 Å². The Kier molecular flexibility index (Phi) is 1.16. The van der Waals surface area contributed by atoms with Crippen LogP contribution in [0.3, 0.4) is 0 Å². The van der Waals surface area contributed by atoms with Crippen LogP contribution in [0, 0.1) is 0 Å². The van der Waals surface area contributed by atoms with Crippen molar-refractivity contribution >= 4 is 13.9 Å². The number of rotatable bonds is 0. The third-order valence-corrected chi connectivity index (χ3v) is 1.84. The zero-order valence-electron chi connectivity index (χ0n) is 5.62. The Morgan fingerprint density at radius 3 is 2.80 bits per heavy atom. The van der Waals surface area contributed by atoms with Gasteiger partial charge >= 0.3 is 0 Å². The molecule has 1 heteroatoms. The first-order valence-corrected chi connectivity index (χ1v) is 3.40. The molecule has 0 bridgehead atoms. The molecule has 0 amide bonds. The minimum Gasteiger partial charge on any atom is -0.0852 e. The van der Waals surface area contributed by atoms with Gasteiger partial charge in [-0.1, -0.05) is 36.4 Å². The lowest BCUT2D eigenvalue weighted by Gasteiger charge is -2.01. The fourth-order valence-corrected chi connectivity index (χ4v) is 1.28. The molecule has 1 aliphatic rings. The molecule has 2 radical (unpaired) electrons. The highest BCUT2D eigenvalue weighted by atomic mass is 14.1. The molecule has 1 aliphatic carbocycles. The van der Waals surface area contributed by atoms with E-state index in [9.17, 15) is 0 Å². The van der Waals surface area contributed by atoms with Crippen LogP contribution < -0.4 is 0 Å². The van der Waals surface area contributed by atoms with Crippen LogP contribution in [0.2, 0.25) is 0 Å². The van der Waals surface area contributed by atoms with E-state index in [1.165, 1.54) is 11.1 Å². The van der Waals surface area contributed by atoms with Crippen LogP contribution in [0.1, 0.15) is 16.9 Å². The van der Waals surface area contributed by atoms with Gasteiger partial charge in [-0.2, -0.15) is 0 Å². The van der Waals surface area contributed by atoms with Crippen LogP contribution in [0.15, 0.2) is 30.3 Å². The van der Waals surface area contributed by atoms with E-state index in [-0.39, 0.29) is 5.82 Å². The monoisotopic (exact) mass is 126 g/mol. The van der Waals surface area contributed by atoms with Crippen molar-refractivity contribution in [3.63, 3.8) is 0 Å². The molecule has 10 heavy (non-hydrogen) atoms. The van der Waals surface area contributed by atoms with Crippen molar-refractivity contribution in [1.29, 1.82) is 0 Å².